The second-order valence-corrected chi connectivity index (χ2v) is 7.57. The second kappa shape index (κ2) is 10.1. The van der Waals surface area contributed by atoms with Crippen LogP contribution in [0.3, 0.4) is 0 Å². The Labute approximate surface area is 187 Å². The summed E-state index contributed by atoms with van der Waals surface area (Å²) >= 11 is 0. The molecule has 0 saturated heterocycles. The maximum absolute atomic E-state index is 12.8. The molecule has 1 unspecified atom stereocenters. The van der Waals surface area contributed by atoms with Crippen LogP contribution in [-0.2, 0) is 16.0 Å². The van der Waals surface area contributed by atoms with E-state index in [1.165, 1.54) is 5.56 Å². The molecule has 4 rings (SSSR count). The van der Waals surface area contributed by atoms with Gasteiger partial charge in [0, 0.05) is 5.57 Å². The van der Waals surface area contributed by atoms with Gasteiger partial charge in [0.15, 0.2) is 6.04 Å². The van der Waals surface area contributed by atoms with E-state index in [2.05, 4.69) is 17.3 Å². The maximum Gasteiger partial charge on any atom is 0.337 e. The molecule has 5 nitrogen and oxygen atoms in total. The van der Waals surface area contributed by atoms with Crippen molar-refractivity contribution >= 4 is 11.5 Å². The van der Waals surface area contributed by atoms with E-state index in [0.29, 0.717) is 23.5 Å². The van der Waals surface area contributed by atoms with Crippen molar-refractivity contribution in [3.63, 3.8) is 0 Å². The molecule has 3 aromatic rings. The monoisotopic (exact) mass is 427 g/mol. The molecule has 32 heavy (non-hydrogen) atoms. The molecule has 0 heterocycles. The summed E-state index contributed by atoms with van der Waals surface area (Å²) < 4.78 is 11.2. The summed E-state index contributed by atoms with van der Waals surface area (Å²) in [6, 6.07) is 24.5. The molecule has 0 N–H and O–H groups in total. The molecule has 3 aromatic carbocycles. The van der Waals surface area contributed by atoms with E-state index in [-0.39, 0.29) is 12.2 Å². The molecule has 1 aliphatic rings. The number of nitrogens with zero attached hydrogens (tertiary/aromatic N) is 1. The summed E-state index contributed by atoms with van der Waals surface area (Å²) in [5.41, 5.74) is 4.57. The number of benzene rings is 3. The molecule has 0 aliphatic heterocycles. The highest BCUT2D eigenvalue weighted by Crippen LogP contribution is 2.47. The molecule has 0 bridgehead atoms. The van der Waals surface area contributed by atoms with Crippen molar-refractivity contribution in [3.05, 3.63) is 112 Å². The van der Waals surface area contributed by atoms with Crippen LogP contribution in [0, 0.1) is 4.91 Å². The minimum absolute atomic E-state index is 0.224. The van der Waals surface area contributed by atoms with Gasteiger partial charge in [0.1, 0.15) is 5.75 Å². The van der Waals surface area contributed by atoms with Gasteiger partial charge in [-0.05, 0) is 54.2 Å². The average molecular weight is 428 g/mol. The molecule has 0 aromatic heterocycles. The lowest BCUT2D eigenvalue weighted by Gasteiger charge is -2.11. The van der Waals surface area contributed by atoms with E-state index in [1.54, 1.807) is 6.92 Å². The number of aryl methyl sites for hydroxylation is 1. The molecule has 0 spiro atoms. The van der Waals surface area contributed by atoms with Gasteiger partial charge in [0.05, 0.1) is 18.8 Å². The Kier molecular flexibility index (Phi) is 6.75. The van der Waals surface area contributed by atoms with Crippen molar-refractivity contribution < 1.29 is 14.3 Å². The fraction of sp³-hybridized carbons (Fsp3) is 0.222. The number of rotatable bonds is 9. The van der Waals surface area contributed by atoms with E-state index in [4.69, 9.17) is 9.47 Å². The average Bonchev–Trinajstić information content (AvgIpc) is 3.17. The van der Waals surface area contributed by atoms with E-state index in [1.807, 2.05) is 66.7 Å². The number of ether oxygens (including phenoxy) is 2. The first kappa shape index (κ1) is 21.5. The van der Waals surface area contributed by atoms with Gasteiger partial charge in [-0.3, -0.25) is 0 Å². The molecular formula is C27H25NO4. The summed E-state index contributed by atoms with van der Waals surface area (Å²) in [4.78, 5) is 24.6. The number of nitroso groups, excluding NO2 is 1. The third kappa shape index (κ3) is 4.47. The highest BCUT2D eigenvalue weighted by atomic mass is 16.5. The molecule has 0 amide bonds. The Morgan fingerprint density at radius 1 is 0.969 bits per heavy atom. The predicted octanol–water partition coefficient (Wildman–Crippen LogP) is 5.88. The maximum atomic E-state index is 12.8. The van der Waals surface area contributed by atoms with Crippen LogP contribution in [0.5, 0.6) is 5.75 Å². The molecule has 0 saturated carbocycles. The van der Waals surface area contributed by atoms with Crippen LogP contribution >= 0.6 is 0 Å². The fourth-order valence-corrected chi connectivity index (χ4v) is 4.08. The smallest absolute Gasteiger partial charge is 0.337 e. The lowest BCUT2D eigenvalue weighted by Crippen LogP contribution is -2.12. The zero-order chi connectivity index (χ0) is 22.3. The van der Waals surface area contributed by atoms with Crippen molar-refractivity contribution in [3.8, 4) is 5.75 Å². The van der Waals surface area contributed by atoms with Crippen LogP contribution in [0.2, 0.25) is 0 Å². The van der Waals surface area contributed by atoms with Crippen molar-refractivity contribution in [1.29, 1.82) is 0 Å². The predicted molar refractivity (Wildman–Crippen MR) is 124 cm³/mol. The van der Waals surface area contributed by atoms with Crippen LogP contribution in [0.4, 0.5) is 0 Å². The van der Waals surface area contributed by atoms with Crippen LogP contribution in [-0.4, -0.2) is 19.2 Å². The number of hydrogen-bond donors (Lipinski definition) is 0. The van der Waals surface area contributed by atoms with Crippen molar-refractivity contribution in [2.75, 3.05) is 13.2 Å². The van der Waals surface area contributed by atoms with E-state index in [9.17, 15) is 9.70 Å². The van der Waals surface area contributed by atoms with Gasteiger partial charge in [-0.25, -0.2) is 4.79 Å². The Morgan fingerprint density at radius 2 is 1.69 bits per heavy atom. The zero-order valence-corrected chi connectivity index (χ0v) is 18.0. The van der Waals surface area contributed by atoms with Crippen LogP contribution in [0.25, 0.3) is 5.57 Å². The van der Waals surface area contributed by atoms with Crippen molar-refractivity contribution in [1.82, 2.24) is 0 Å². The molecule has 0 radical (unpaired) electrons. The number of esters is 1. The van der Waals surface area contributed by atoms with Crippen molar-refractivity contribution in [2.45, 2.75) is 25.8 Å². The van der Waals surface area contributed by atoms with Gasteiger partial charge in [-0.2, -0.15) is 0 Å². The highest BCUT2D eigenvalue weighted by molar-refractivity contribution is 6.06. The summed E-state index contributed by atoms with van der Waals surface area (Å²) in [7, 11) is 0. The van der Waals surface area contributed by atoms with Gasteiger partial charge in [0.25, 0.3) is 0 Å². The third-order valence-electron chi connectivity index (χ3n) is 5.51. The Balaban J connectivity index is 1.58. The van der Waals surface area contributed by atoms with Crippen LogP contribution < -0.4 is 4.74 Å². The highest BCUT2D eigenvalue weighted by Gasteiger charge is 2.38. The fourth-order valence-electron chi connectivity index (χ4n) is 4.08. The SMILES string of the molecule is CCOC(=O)C1=C(c2ccccc2)c2ccc(OCCCc3ccccc3)cc2C1N=O. The van der Waals surface area contributed by atoms with Crippen LogP contribution in [0.1, 0.15) is 41.6 Å². The van der Waals surface area contributed by atoms with Crippen molar-refractivity contribution in [2.24, 2.45) is 5.18 Å². The van der Waals surface area contributed by atoms with Gasteiger partial charge in [-0.1, -0.05) is 71.9 Å². The number of carbonyl (C=O) groups is 1. The summed E-state index contributed by atoms with van der Waals surface area (Å²) in [6.45, 7) is 2.52. The lowest BCUT2D eigenvalue weighted by atomic mass is 9.97. The molecule has 162 valence electrons. The number of hydrogen-bond acceptors (Lipinski definition) is 5. The number of carbonyl (C=O) groups excluding carboxylic acids is 1. The summed E-state index contributed by atoms with van der Waals surface area (Å²) in [5, 5.41) is 3.30. The second-order valence-electron chi connectivity index (χ2n) is 7.57. The molecule has 1 atom stereocenters. The minimum Gasteiger partial charge on any atom is -0.494 e. The van der Waals surface area contributed by atoms with Crippen LogP contribution in [0.15, 0.2) is 89.6 Å². The van der Waals surface area contributed by atoms with E-state index < -0.39 is 12.0 Å². The van der Waals surface area contributed by atoms with Gasteiger partial charge in [0.2, 0.25) is 0 Å². The molecular weight excluding hydrogens is 402 g/mol. The van der Waals surface area contributed by atoms with Gasteiger partial charge >= 0.3 is 5.97 Å². The summed E-state index contributed by atoms with van der Waals surface area (Å²) in [6.07, 6.45) is 1.80. The van der Waals surface area contributed by atoms with Gasteiger partial charge in [-0.15, -0.1) is 4.91 Å². The third-order valence-corrected chi connectivity index (χ3v) is 5.51. The Bertz CT molecular complexity index is 1120. The Morgan fingerprint density at radius 3 is 2.38 bits per heavy atom. The topological polar surface area (TPSA) is 65.0 Å². The zero-order valence-electron chi connectivity index (χ0n) is 18.0. The van der Waals surface area contributed by atoms with E-state index >= 15 is 0 Å². The standard InChI is InChI=1S/C27H25NO4/c1-2-31-27(29)25-24(20-13-7-4-8-14-20)22-16-15-21(18-23(22)26(25)28-30)32-17-9-12-19-10-5-3-6-11-19/h3-8,10-11,13-16,18,26H,2,9,12,17H2,1H3. The molecule has 5 heteroatoms. The minimum atomic E-state index is -0.924. The molecule has 1 aliphatic carbocycles. The summed E-state index contributed by atoms with van der Waals surface area (Å²) in [5.74, 6) is 0.139. The molecule has 0 fully saturated rings. The Hall–Kier alpha value is -3.73. The normalized spacial score (nSPS) is 14.7. The van der Waals surface area contributed by atoms with Gasteiger partial charge < -0.3 is 9.47 Å². The lowest BCUT2D eigenvalue weighted by molar-refractivity contribution is -0.138. The largest absolute Gasteiger partial charge is 0.494 e. The van der Waals surface area contributed by atoms with E-state index in [0.717, 1.165) is 24.0 Å². The first-order valence-corrected chi connectivity index (χ1v) is 10.8. The number of fused-ring (bicyclic) bond motifs is 1. The first-order chi connectivity index (χ1) is 15.7. The first-order valence-electron chi connectivity index (χ1n) is 10.8. The quantitative estimate of drug-likeness (QED) is 0.243.